The molecule has 0 aliphatic carbocycles. The van der Waals surface area contributed by atoms with E-state index in [0.29, 0.717) is 31.6 Å². The van der Waals surface area contributed by atoms with Gasteiger partial charge in [0.25, 0.3) is 0 Å². The van der Waals surface area contributed by atoms with Crippen molar-refractivity contribution in [1.29, 1.82) is 0 Å². The highest BCUT2D eigenvalue weighted by atomic mass is 35.5. The molecule has 0 fully saturated rings. The van der Waals surface area contributed by atoms with Crippen LogP contribution in [0.2, 0.25) is 15.1 Å². The van der Waals surface area contributed by atoms with Crippen LogP contribution in [0.25, 0.3) is 0 Å². The summed E-state index contributed by atoms with van der Waals surface area (Å²) in [6, 6.07) is 10.4. The fourth-order valence-electron chi connectivity index (χ4n) is 1.62. The fourth-order valence-corrected chi connectivity index (χ4v) is 2.56. The molecular formula is C14H11Cl3N2OS. The van der Waals surface area contributed by atoms with E-state index >= 15 is 0 Å². The molecular weight excluding hydrogens is 351 g/mol. The number of thiocarbonyl (C=S) groups is 1. The second kappa shape index (κ2) is 7.18. The van der Waals surface area contributed by atoms with Crippen molar-refractivity contribution in [3.05, 3.63) is 51.5 Å². The molecule has 0 aliphatic rings. The van der Waals surface area contributed by atoms with E-state index in [9.17, 15) is 0 Å². The van der Waals surface area contributed by atoms with Gasteiger partial charge < -0.3 is 15.4 Å². The van der Waals surface area contributed by atoms with Crippen molar-refractivity contribution in [3.63, 3.8) is 0 Å². The SMILES string of the molecule is COc1ccc(NC(=S)Nc2ccc(Cl)cc2Cl)cc1Cl. The predicted molar refractivity (Wildman–Crippen MR) is 94.3 cm³/mol. The van der Waals surface area contributed by atoms with Gasteiger partial charge in [0.2, 0.25) is 0 Å². The van der Waals surface area contributed by atoms with Gasteiger partial charge in [0, 0.05) is 10.7 Å². The summed E-state index contributed by atoms with van der Waals surface area (Å²) < 4.78 is 5.09. The van der Waals surface area contributed by atoms with Crippen molar-refractivity contribution in [2.45, 2.75) is 0 Å². The molecule has 0 radical (unpaired) electrons. The van der Waals surface area contributed by atoms with Crippen LogP contribution in [0.1, 0.15) is 0 Å². The molecule has 0 amide bonds. The maximum absolute atomic E-state index is 6.07. The zero-order chi connectivity index (χ0) is 15.4. The maximum atomic E-state index is 6.07. The van der Waals surface area contributed by atoms with Crippen LogP contribution < -0.4 is 15.4 Å². The minimum Gasteiger partial charge on any atom is -0.495 e. The molecule has 0 unspecified atom stereocenters. The van der Waals surface area contributed by atoms with Crippen molar-refractivity contribution >= 4 is 63.5 Å². The van der Waals surface area contributed by atoms with Crippen LogP contribution in [0.4, 0.5) is 11.4 Å². The molecule has 0 atom stereocenters. The van der Waals surface area contributed by atoms with Crippen LogP contribution in [0.5, 0.6) is 5.75 Å². The largest absolute Gasteiger partial charge is 0.495 e. The van der Waals surface area contributed by atoms with Gasteiger partial charge >= 0.3 is 0 Å². The van der Waals surface area contributed by atoms with Crippen LogP contribution >= 0.6 is 47.0 Å². The molecule has 0 spiro atoms. The topological polar surface area (TPSA) is 33.3 Å². The lowest BCUT2D eigenvalue weighted by Gasteiger charge is -2.13. The normalized spacial score (nSPS) is 10.1. The Kier molecular flexibility index (Phi) is 5.53. The lowest BCUT2D eigenvalue weighted by atomic mass is 10.3. The van der Waals surface area contributed by atoms with Crippen LogP contribution in [0.3, 0.4) is 0 Å². The highest BCUT2D eigenvalue weighted by Gasteiger charge is 2.06. The number of anilines is 2. The minimum absolute atomic E-state index is 0.389. The zero-order valence-corrected chi connectivity index (χ0v) is 14.0. The lowest BCUT2D eigenvalue weighted by molar-refractivity contribution is 0.415. The molecule has 2 N–H and O–H groups in total. The van der Waals surface area contributed by atoms with E-state index in [1.165, 1.54) is 0 Å². The Morgan fingerprint density at radius 1 is 1.00 bits per heavy atom. The Hall–Kier alpha value is -1.20. The number of methoxy groups -OCH3 is 1. The second-order valence-corrected chi connectivity index (χ2v) is 5.71. The van der Waals surface area contributed by atoms with E-state index in [-0.39, 0.29) is 0 Å². The van der Waals surface area contributed by atoms with Gasteiger partial charge in [-0.2, -0.15) is 0 Å². The van der Waals surface area contributed by atoms with Gasteiger partial charge in [-0.05, 0) is 48.6 Å². The molecule has 21 heavy (non-hydrogen) atoms. The van der Waals surface area contributed by atoms with E-state index < -0.39 is 0 Å². The van der Waals surface area contributed by atoms with E-state index in [1.54, 1.807) is 37.4 Å². The van der Waals surface area contributed by atoms with Gasteiger partial charge in [0.05, 0.1) is 22.8 Å². The highest BCUT2D eigenvalue weighted by molar-refractivity contribution is 7.80. The molecule has 0 saturated carbocycles. The molecule has 0 bridgehead atoms. The van der Waals surface area contributed by atoms with Gasteiger partial charge in [0.15, 0.2) is 5.11 Å². The minimum atomic E-state index is 0.389. The molecule has 0 aliphatic heterocycles. The van der Waals surface area contributed by atoms with Gasteiger partial charge in [0.1, 0.15) is 5.75 Å². The number of halogens is 3. The summed E-state index contributed by atoms with van der Waals surface area (Å²) in [5.74, 6) is 0.599. The first-order chi connectivity index (χ1) is 9.99. The molecule has 0 heterocycles. The lowest BCUT2D eigenvalue weighted by Crippen LogP contribution is -2.19. The van der Waals surface area contributed by atoms with Crippen molar-refractivity contribution < 1.29 is 4.74 Å². The number of nitrogens with one attached hydrogen (secondary N) is 2. The Balaban J connectivity index is 2.06. The second-order valence-electron chi connectivity index (χ2n) is 4.05. The number of ether oxygens (including phenoxy) is 1. The van der Waals surface area contributed by atoms with Gasteiger partial charge in [-0.15, -0.1) is 0 Å². The number of hydrogen-bond donors (Lipinski definition) is 2. The Labute approximate surface area is 143 Å². The molecule has 7 heteroatoms. The van der Waals surface area contributed by atoms with E-state index in [4.69, 9.17) is 51.8 Å². The number of rotatable bonds is 3. The molecule has 3 nitrogen and oxygen atoms in total. The summed E-state index contributed by atoms with van der Waals surface area (Å²) in [7, 11) is 1.56. The molecule has 2 aromatic carbocycles. The summed E-state index contributed by atoms with van der Waals surface area (Å²) in [5.41, 5.74) is 1.40. The third-order valence-corrected chi connectivity index (χ3v) is 3.64. The number of benzene rings is 2. The van der Waals surface area contributed by atoms with Gasteiger partial charge in [-0.3, -0.25) is 0 Å². The Morgan fingerprint density at radius 2 is 1.76 bits per heavy atom. The average Bonchev–Trinajstić information content (AvgIpc) is 2.42. The summed E-state index contributed by atoms with van der Waals surface area (Å²) >= 11 is 23.2. The van der Waals surface area contributed by atoms with Crippen LogP contribution in [0, 0.1) is 0 Å². The van der Waals surface area contributed by atoms with Crippen LogP contribution in [-0.2, 0) is 0 Å². The first-order valence-corrected chi connectivity index (χ1v) is 7.40. The predicted octanol–water partition coefficient (Wildman–Crippen LogP) is 5.46. The first-order valence-electron chi connectivity index (χ1n) is 5.86. The van der Waals surface area contributed by atoms with Gasteiger partial charge in [-0.1, -0.05) is 34.8 Å². The zero-order valence-electron chi connectivity index (χ0n) is 10.9. The first kappa shape index (κ1) is 16.2. The molecule has 0 saturated heterocycles. The monoisotopic (exact) mass is 360 g/mol. The quantitative estimate of drug-likeness (QED) is 0.711. The molecule has 2 aromatic rings. The van der Waals surface area contributed by atoms with Crippen LogP contribution in [0.15, 0.2) is 36.4 Å². The fraction of sp³-hybridized carbons (Fsp3) is 0.0714. The summed E-state index contributed by atoms with van der Waals surface area (Å²) in [6.07, 6.45) is 0. The third kappa shape index (κ3) is 4.38. The smallest absolute Gasteiger partial charge is 0.175 e. The molecule has 2 rings (SSSR count). The third-order valence-electron chi connectivity index (χ3n) is 2.59. The van der Waals surface area contributed by atoms with Crippen LogP contribution in [-0.4, -0.2) is 12.2 Å². The summed E-state index contributed by atoms with van der Waals surface area (Å²) in [4.78, 5) is 0. The van der Waals surface area contributed by atoms with E-state index in [1.807, 2.05) is 6.07 Å². The standard InChI is InChI=1S/C14H11Cl3N2OS/c1-20-13-5-3-9(7-11(13)17)18-14(21)19-12-4-2-8(15)6-10(12)16/h2-7H,1H3,(H2,18,19,21). The van der Waals surface area contributed by atoms with E-state index in [0.717, 1.165) is 5.69 Å². The average molecular weight is 362 g/mol. The molecule has 0 aromatic heterocycles. The van der Waals surface area contributed by atoms with Gasteiger partial charge in [-0.25, -0.2) is 0 Å². The summed E-state index contributed by atoms with van der Waals surface area (Å²) in [5, 5.41) is 7.93. The van der Waals surface area contributed by atoms with E-state index in [2.05, 4.69) is 10.6 Å². The van der Waals surface area contributed by atoms with Crippen molar-refractivity contribution in [3.8, 4) is 5.75 Å². The Morgan fingerprint density at radius 3 is 2.38 bits per heavy atom. The molecule has 110 valence electrons. The maximum Gasteiger partial charge on any atom is 0.175 e. The Bertz CT molecular complexity index is 679. The van der Waals surface area contributed by atoms with Crippen molar-refractivity contribution in [2.75, 3.05) is 17.7 Å². The number of hydrogen-bond acceptors (Lipinski definition) is 2. The summed E-state index contributed by atoms with van der Waals surface area (Å²) in [6.45, 7) is 0. The highest BCUT2D eigenvalue weighted by Crippen LogP contribution is 2.28. The van der Waals surface area contributed by atoms with Crippen molar-refractivity contribution in [2.24, 2.45) is 0 Å². The van der Waals surface area contributed by atoms with Crippen molar-refractivity contribution in [1.82, 2.24) is 0 Å².